The van der Waals surface area contributed by atoms with Crippen LogP contribution in [0.5, 0.6) is 0 Å². The van der Waals surface area contributed by atoms with E-state index < -0.39 is 17.9 Å². The molecule has 8 heteroatoms. The number of carbonyl (C=O) groups excluding carboxylic acids is 1. The van der Waals surface area contributed by atoms with Gasteiger partial charge in [-0.15, -0.1) is 5.10 Å². The summed E-state index contributed by atoms with van der Waals surface area (Å²) in [5, 5.41) is 17.1. The molecule has 0 unspecified atom stereocenters. The van der Waals surface area contributed by atoms with Gasteiger partial charge in [0.05, 0.1) is 11.9 Å². The summed E-state index contributed by atoms with van der Waals surface area (Å²) in [6.07, 6.45) is 2.37. The summed E-state index contributed by atoms with van der Waals surface area (Å²) in [7, 11) is 0. The molecule has 1 aliphatic rings. The van der Waals surface area contributed by atoms with Gasteiger partial charge in [-0.25, -0.2) is 9.18 Å². The Bertz CT molecular complexity index is 713. The number of carbonyl (C=O) groups is 2. The summed E-state index contributed by atoms with van der Waals surface area (Å²) in [5.41, 5.74) is 0.578. The first-order valence-corrected chi connectivity index (χ1v) is 6.78. The van der Waals surface area contributed by atoms with Crippen LogP contribution in [-0.4, -0.2) is 49.5 Å². The minimum atomic E-state index is -1.02. The summed E-state index contributed by atoms with van der Waals surface area (Å²) in [6.45, 7) is 0.388. The smallest absolute Gasteiger partial charge is 0.326 e. The second-order valence-corrected chi connectivity index (χ2v) is 4.99. The normalized spacial score (nSPS) is 17.7. The van der Waals surface area contributed by atoms with Gasteiger partial charge in [0.1, 0.15) is 11.9 Å². The van der Waals surface area contributed by atoms with E-state index in [0.717, 1.165) is 0 Å². The summed E-state index contributed by atoms with van der Waals surface area (Å²) >= 11 is 0. The summed E-state index contributed by atoms with van der Waals surface area (Å²) in [4.78, 5) is 26.0. The number of hydrogen-bond donors (Lipinski definition) is 1. The molecule has 2 aromatic rings. The van der Waals surface area contributed by atoms with E-state index in [0.29, 0.717) is 25.1 Å². The number of benzene rings is 1. The Labute approximate surface area is 125 Å². The molecular formula is C14H13FN4O3. The zero-order valence-electron chi connectivity index (χ0n) is 11.5. The molecule has 0 saturated carbocycles. The molecule has 2 heterocycles. The Morgan fingerprint density at radius 3 is 2.68 bits per heavy atom. The first-order chi connectivity index (χ1) is 10.6. The number of aliphatic carboxylic acids is 1. The minimum absolute atomic E-state index is 0.0671. The lowest BCUT2D eigenvalue weighted by molar-refractivity contribution is -0.141. The van der Waals surface area contributed by atoms with Crippen molar-refractivity contribution in [3.8, 4) is 5.69 Å². The number of likely N-dealkylation sites (tertiary alicyclic amines) is 1. The van der Waals surface area contributed by atoms with E-state index in [1.54, 1.807) is 0 Å². The monoisotopic (exact) mass is 304 g/mol. The molecule has 1 atom stereocenters. The van der Waals surface area contributed by atoms with Crippen LogP contribution < -0.4 is 0 Å². The number of hydrogen-bond acceptors (Lipinski definition) is 4. The van der Waals surface area contributed by atoms with E-state index in [9.17, 15) is 14.0 Å². The number of halogens is 1. The lowest BCUT2D eigenvalue weighted by atomic mass is 10.2. The van der Waals surface area contributed by atoms with Crippen molar-refractivity contribution >= 4 is 11.9 Å². The van der Waals surface area contributed by atoms with Gasteiger partial charge in [-0.2, -0.15) is 9.90 Å². The predicted molar refractivity (Wildman–Crippen MR) is 73.0 cm³/mol. The molecule has 0 bridgehead atoms. The van der Waals surface area contributed by atoms with E-state index in [1.807, 2.05) is 0 Å². The molecule has 1 N–H and O–H groups in total. The quantitative estimate of drug-likeness (QED) is 0.917. The molecule has 0 aliphatic carbocycles. The first-order valence-electron chi connectivity index (χ1n) is 6.78. The summed E-state index contributed by atoms with van der Waals surface area (Å²) in [5.74, 6) is -1.86. The maximum atomic E-state index is 12.9. The largest absolute Gasteiger partial charge is 0.480 e. The van der Waals surface area contributed by atoms with Gasteiger partial charge in [0.15, 0.2) is 5.69 Å². The van der Waals surface area contributed by atoms with Gasteiger partial charge < -0.3 is 10.0 Å². The average molecular weight is 304 g/mol. The molecule has 1 aromatic carbocycles. The van der Waals surface area contributed by atoms with Crippen molar-refractivity contribution < 1.29 is 19.1 Å². The van der Waals surface area contributed by atoms with E-state index in [2.05, 4.69) is 10.2 Å². The molecule has 0 spiro atoms. The van der Waals surface area contributed by atoms with Crippen molar-refractivity contribution in [2.75, 3.05) is 6.54 Å². The predicted octanol–water partition coefficient (Wildman–Crippen LogP) is 1.10. The SMILES string of the molecule is O=C(O)[C@@H]1CCCN1C(=O)c1cnn(-c2ccc(F)cc2)n1. The van der Waals surface area contributed by atoms with Crippen LogP contribution in [0.4, 0.5) is 4.39 Å². The number of rotatable bonds is 3. The van der Waals surface area contributed by atoms with Gasteiger partial charge in [0.25, 0.3) is 5.91 Å². The molecule has 1 aromatic heterocycles. The van der Waals surface area contributed by atoms with Gasteiger partial charge >= 0.3 is 5.97 Å². The van der Waals surface area contributed by atoms with Gasteiger partial charge in [-0.1, -0.05) is 0 Å². The average Bonchev–Trinajstić information content (AvgIpc) is 3.17. The van der Waals surface area contributed by atoms with Gasteiger partial charge in [-0.3, -0.25) is 4.79 Å². The molecular weight excluding hydrogens is 291 g/mol. The fourth-order valence-corrected chi connectivity index (χ4v) is 2.47. The van der Waals surface area contributed by atoms with Crippen LogP contribution in [0, 0.1) is 5.82 Å². The van der Waals surface area contributed by atoms with E-state index >= 15 is 0 Å². The lowest BCUT2D eigenvalue weighted by Crippen LogP contribution is -2.40. The van der Waals surface area contributed by atoms with Crippen molar-refractivity contribution in [3.05, 3.63) is 42.0 Å². The van der Waals surface area contributed by atoms with Crippen LogP contribution in [0.25, 0.3) is 5.69 Å². The number of aromatic nitrogens is 3. The molecule has 114 valence electrons. The maximum Gasteiger partial charge on any atom is 0.326 e. The molecule has 0 radical (unpaired) electrons. The van der Waals surface area contributed by atoms with Crippen molar-refractivity contribution in [2.45, 2.75) is 18.9 Å². The highest BCUT2D eigenvalue weighted by molar-refractivity contribution is 5.95. The first kappa shape index (κ1) is 14.2. The minimum Gasteiger partial charge on any atom is -0.480 e. The number of carboxylic acid groups (broad SMARTS) is 1. The number of nitrogens with zero attached hydrogens (tertiary/aromatic N) is 4. The van der Waals surface area contributed by atoms with Crippen molar-refractivity contribution in [3.63, 3.8) is 0 Å². The summed E-state index contributed by atoms with van der Waals surface area (Å²) in [6, 6.07) is 4.68. The van der Waals surface area contributed by atoms with Gasteiger partial charge in [-0.05, 0) is 37.1 Å². The van der Waals surface area contributed by atoms with Gasteiger partial charge in [0.2, 0.25) is 0 Å². The molecule has 1 saturated heterocycles. The van der Waals surface area contributed by atoms with Crippen molar-refractivity contribution in [1.29, 1.82) is 0 Å². The zero-order chi connectivity index (χ0) is 15.7. The Kier molecular flexibility index (Phi) is 3.58. The van der Waals surface area contributed by atoms with Crippen molar-refractivity contribution in [1.82, 2.24) is 19.9 Å². The van der Waals surface area contributed by atoms with Crippen molar-refractivity contribution in [2.24, 2.45) is 0 Å². The topological polar surface area (TPSA) is 88.3 Å². The zero-order valence-corrected chi connectivity index (χ0v) is 11.5. The summed E-state index contributed by atoms with van der Waals surface area (Å²) < 4.78 is 12.9. The maximum absolute atomic E-state index is 12.9. The fraction of sp³-hybridized carbons (Fsp3) is 0.286. The molecule has 1 aliphatic heterocycles. The molecule has 7 nitrogen and oxygen atoms in total. The van der Waals surface area contributed by atoms with Crippen LogP contribution in [0.15, 0.2) is 30.5 Å². The van der Waals surface area contributed by atoms with Crippen LogP contribution in [0.1, 0.15) is 23.3 Å². The third-order valence-corrected chi connectivity index (χ3v) is 3.57. The molecule has 1 amide bonds. The van der Waals surface area contributed by atoms with Crippen LogP contribution in [0.2, 0.25) is 0 Å². The Hall–Kier alpha value is -2.77. The lowest BCUT2D eigenvalue weighted by Gasteiger charge is -2.19. The Morgan fingerprint density at radius 2 is 2.00 bits per heavy atom. The second-order valence-electron chi connectivity index (χ2n) is 4.99. The van der Waals surface area contributed by atoms with Crippen LogP contribution >= 0.6 is 0 Å². The van der Waals surface area contributed by atoms with Crippen LogP contribution in [-0.2, 0) is 4.79 Å². The van der Waals surface area contributed by atoms with E-state index in [-0.39, 0.29) is 11.5 Å². The third-order valence-electron chi connectivity index (χ3n) is 3.57. The number of carboxylic acids is 1. The Morgan fingerprint density at radius 1 is 1.27 bits per heavy atom. The third kappa shape index (κ3) is 2.54. The molecule has 1 fully saturated rings. The van der Waals surface area contributed by atoms with E-state index in [1.165, 1.54) is 40.2 Å². The highest BCUT2D eigenvalue weighted by Gasteiger charge is 2.35. The van der Waals surface area contributed by atoms with Gasteiger partial charge in [0, 0.05) is 6.54 Å². The fourth-order valence-electron chi connectivity index (χ4n) is 2.47. The van der Waals surface area contributed by atoms with E-state index in [4.69, 9.17) is 5.11 Å². The number of amides is 1. The standard InChI is InChI=1S/C14H13FN4O3/c15-9-3-5-10(6-4-9)19-16-8-11(17-19)13(20)18-7-1-2-12(18)14(21)22/h3-6,8,12H,1-2,7H2,(H,21,22)/t12-/m0/s1. The molecule has 3 rings (SSSR count). The highest BCUT2D eigenvalue weighted by Crippen LogP contribution is 2.19. The highest BCUT2D eigenvalue weighted by atomic mass is 19.1. The molecule has 22 heavy (non-hydrogen) atoms. The second kappa shape index (κ2) is 5.55. The van der Waals surface area contributed by atoms with Crippen LogP contribution in [0.3, 0.4) is 0 Å². The Balaban J connectivity index is 1.82.